The van der Waals surface area contributed by atoms with Crippen LogP contribution >= 0.6 is 0 Å². The average molecular weight is 227 g/mol. The van der Waals surface area contributed by atoms with E-state index in [9.17, 15) is 4.39 Å². The van der Waals surface area contributed by atoms with Gasteiger partial charge in [-0.3, -0.25) is 0 Å². The lowest BCUT2D eigenvalue weighted by Gasteiger charge is -2.13. The lowest BCUT2D eigenvalue weighted by atomic mass is 10.2. The molecule has 0 saturated carbocycles. The van der Waals surface area contributed by atoms with E-state index in [1.54, 1.807) is 12.1 Å². The third-order valence-corrected chi connectivity index (χ3v) is 2.19. The molecule has 0 saturated heterocycles. The fourth-order valence-electron chi connectivity index (χ4n) is 1.28. The fourth-order valence-corrected chi connectivity index (χ4v) is 1.28. The maximum absolute atomic E-state index is 13.5. The molecule has 1 atom stereocenters. The fraction of sp³-hybridized carbons (Fsp3) is 0.500. The molecule has 1 rings (SSSR count). The van der Waals surface area contributed by atoms with E-state index in [0.29, 0.717) is 18.8 Å². The molecule has 1 aromatic rings. The Morgan fingerprint density at radius 2 is 2.19 bits per heavy atom. The van der Waals surface area contributed by atoms with Crippen LogP contribution in [0.1, 0.15) is 19.4 Å². The zero-order valence-corrected chi connectivity index (χ0v) is 9.70. The minimum atomic E-state index is -0.397. The van der Waals surface area contributed by atoms with Crippen LogP contribution < -0.4 is 5.73 Å². The first-order chi connectivity index (χ1) is 7.65. The van der Waals surface area contributed by atoms with Crippen LogP contribution in [-0.2, 0) is 16.1 Å². The van der Waals surface area contributed by atoms with E-state index >= 15 is 0 Å². The van der Waals surface area contributed by atoms with E-state index < -0.39 is 5.82 Å². The molecule has 0 heterocycles. The van der Waals surface area contributed by atoms with Crippen LogP contribution in [-0.4, -0.2) is 19.3 Å². The highest BCUT2D eigenvalue weighted by Crippen LogP contribution is 2.15. The van der Waals surface area contributed by atoms with Gasteiger partial charge in [0.1, 0.15) is 0 Å². The van der Waals surface area contributed by atoms with E-state index in [4.69, 9.17) is 15.2 Å². The van der Waals surface area contributed by atoms with Crippen LogP contribution in [0.2, 0.25) is 0 Å². The number of nitrogen functional groups attached to an aromatic ring is 1. The Morgan fingerprint density at radius 1 is 1.44 bits per heavy atom. The number of hydrogen-bond acceptors (Lipinski definition) is 3. The van der Waals surface area contributed by atoms with Gasteiger partial charge in [0, 0.05) is 12.2 Å². The topological polar surface area (TPSA) is 44.5 Å². The van der Waals surface area contributed by atoms with Crippen LogP contribution in [0.25, 0.3) is 0 Å². The monoisotopic (exact) mass is 227 g/mol. The second-order valence-electron chi connectivity index (χ2n) is 3.60. The number of nitrogens with two attached hydrogens (primary N) is 1. The number of hydrogen-bond donors (Lipinski definition) is 1. The molecule has 16 heavy (non-hydrogen) atoms. The Bertz CT molecular complexity index is 331. The van der Waals surface area contributed by atoms with Gasteiger partial charge in [-0.05, 0) is 19.9 Å². The zero-order valence-electron chi connectivity index (χ0n) is 9.70. The van der Waals surface area contributed by atoms with Crippen molar-refractivity contribution in [1.29, 1.82) is 0 Å². The Hall–Kier alpha value is -1.13. The second kappa shape index (κ2) is 6.45. The molecule has 0 aliphatic rings. The Labute approximate surface area is 95.4 Å². The van der Waals surface area contributed by atoms with Crippen LogP contribution in [0.15, 0.2) is 18.2 Å². The first-order valence-corrected chi connectivity index (χ1v) is 5.37. The summed E-state index contributed by atoms with van der Waals surface area (Å²) >= 11 is 0. The van der Waals surface area contributed by atoms with Crippen molar-refractivity contribution in [2.75, 3.05) is 18.9 Å². The highest BCUT2D eigenvalue weighted by Gasteiger charge is 2.08. The molecule has 2 N–H and O–H groups in total. The lowest BCUT2D eigenvalue weighted by Crippen LogP contribution is -2.16. The van der Waals surface area contributed by atoms with Gasteiger partial charge in [0.25, 0.3) is 0 Å². The van der Waals surface area contributed by atoms with Gasteiger partial charge < -0.3 is 15.2 Å². The third-order valence-electron chi connectivity index (χ3n) is 2.19. The van der Waals surface area contributed by atoms with Gasteiger partial charge in [-0.15, -0.1) is 0 Å². The molecular formula is C12H18FNO2. The first-order valence-electron chi connectivity index (χ1n) is 5.37. The van der Waals surface area contributed by atoms with Gasteiger partial charge in [0.15, 0.2) is 5.82 Å². The molecule has 4 heteroatoms. The molecule has 0 amide bonds. The van der Waals surface area contributed by atoms with Crippen molar-refractivity contribution in [1.82, 2.24) is 0 Å². The number of ether oxygens (including phenoxy) is 2. The summed E-state index contributed by atoms with van der Waals surface area (Å²) in [4.78, 5) is 0. The van der Waals surface area contributed by atoms with Crippen molar-refractivity contribution >= 4 is 5.69 Å². The predicted molar refractivity (Wildman–Crippen MR) is 61.6 cm³/mol. The van der Waals surface area contributed by atoms with Gasteiger partial charge in [0.2, 0.25) is 0 Å². The summed E-state index contributed by atoms with van der Waals surface area (Å²) in [7, 11) is 0. The molecule has 0 fully saturated rings. The summed E-state index contributed by atoms with van der Waals surface area (Å²) in [5.74, 6) is -0.397. The number of anilines is 1. The van der Waals surface area contributed by atoms with Crippen LogP contribution in [0.3, 0.4) is 0 Å². The van der Waals surface area contributed by atoms with Crippen molar-refractivity contribution < 1.29 is 13.9 Å². The standard InChI is InChI=1S/C12H18FNO2/c1-3-15-7-9(2)16-8-10-5-4-6-11(14)12(10)13/h4-6,9H,3,7-8,14H2,1-2H3. The van der Waals surface area contributed by atoms with Crippen molar-refractivity contribution in [3.8, 4) is 0 Å². The van der Waals surface area contributed by atoms with Gasteiger partial charge >= 0.3 is 0 Å². The Kier molecular flexibility index (Phi) is 5.22. The maximum atomic E-state index is 13.5. The van der Waals surface area contributed by atoms with Gasteiger partial charge in [-0.25, -0.2) is 4.39 Å². The predicted octanol–water partition coefficient (Wildman–Crippen LogP) is 2.35. The van der Waals surface area contributed by atoms with E-state index in [1.807, 2.05) is 13.8 Å². The Morgan fingerprint density at radius 3 is 2.88 bits per heavy atom. The molecule has 0 bridgehead atoms. The molecule has 0 radical (unpaired) electrons. The Balaban J connectivity index is 2.45. The summed E-state index contributed by atoms with van der Waals surface area (Å²) in [5, 5.41) is 0. The summed E-state index contributed by atoms with van der Waals surface area (Å²) in [6.45, 7) is 5.19. The van der Waals surface area contributed by atoms with Crippen LogP contribution in [0.5, 0.6) is 0 Å². The van der Waals surface area contributed by atoms with Crippen molar-refractivity contribution in [2.45, 2.75) is 26.6 Å². The summed E-state index contributed by atoms with van der Waals surface area (Å²) in [5.41, 5.74) is 6.08. The molecule has 1 unspecified atom stereocenters. The highest BCUT2D eigenvalue weighted by atomic mass is 19.1. The summed E-state index contributed by atoms with van der Waals surface area (Å²) in [6.07, 6.45) is -0.0548. The van der Waals surface area contributed by atoms with Gasteiger partial charge in [-0.2, -0.15) is 0 Å². The normalized spacial score (nSPS) is 12.7. The molecular weight excluding hydrogens is 209 g/mol. The quantitative estimate of drug-likeness (QED) is 0.759. The minimum absolute atomic E-state index is 0.0548. The molecule has 0 spiro atoms. The van der Waals surface area contributed by atoms with Crippen LogP contribution in [0.4, 0.5) is 10.1 Å². The van der Waals surface area contributed by atoms with Crippen molar-refractivity contribution in [2.24, 2.45) is 0 Å². The van der Waals surface area contributed by atoms with Gasteiger partial charge in [0.05, 0.1) is 25.0 Å². The molecule has 3 nitrogen and oxygen atoms in total. The summed E-state index contributed by atoms with van der Waals surface area (Å²) < 4.78 is 24.1. The number of benzene rings is 1. The zero-order chi connectivity index (χ0) is 12.0. The smallest absolute Gasteiger partial charge is 0.151 e. The highest BCUT2D eigenvalue weighted by molar-refractivity contribution is 5.42. The van der Waals surface area contributed by atoms with Crippen molar-refractivity contribution in [3.63, 3.8) is 0 Å². The van der Waals surface area contributed by atoms with Gasteiger partial charge in [-0.1, -0.05) is 12.1 Å². The maximum Gasteiger partial charge on any atom is 0.151 e. The van der Waals surface area contributed by atoms with Crippen molar-refractivity contribution in [3.05, 3.63) is 29.6 Å². The second-order valence-corrected chi connectivity index (χ2v) is 3.60. The average Bonchev–Trinajstić information content (AvgIpc) is 2.28. The molecule has 0 aliphatic heterocycles. The van der Waals surface area contributed by atoms with E-state index in [2.05, 4.69) is 0 Å². The van der Waals surface area contributed by atoms with E-state index in [-0.39, 0.29) is 18.4 Å². The first kappa shape index (κ1) is 12.9. The summed E-state index contributed by atoms with van der Waals surface area (Å²) in [6, 6.07) is 4.91. The number of rotatable bonds is 6. The molecule has 1 aromatic carbocycles. The van der Waals surface area contributed by atoms with E-state index in [0.717, 1.165) is 0 Å². The molecule has 90 valence electrons. The third kappa shape index (κ3) is 3.79. The molecule has 0 aliphatic carbocycles. The van der Waals surface area contributed by atoms with E-state index in [1.165, 1.54) is 6.07 Å². The molecule has 0 aromatic heterocycles. The lowest BCUT2D eigenvalue weighted by molar-refractivity contribution is -0.0124. The largest absolute Gasteiger partial charge is 0.396 e. The minimum Gasteiger partial charge on any atom is -0.396 e. The number of halogens is 1. The van der Waals surface area contributed by atoms with Crippen LogP contribution in [0, 0.1) is 5.82 Å². The SMILES string of the molecule is CCOCC(C)OCc1cccc(N)c1F.